The molecule has 0 fully saturated rings. The van der Waals surface area contributed by atoms with E-state index in [1.165, 1.54) is 51.4 Å². The number of rotatable bonds is 19. The van der Waals surface area contributed by atoms with E-state index in [1.54, 1.807) is 0 Å². The van der Waals surface area contributed by atoms with Gasteiger partial charge in [0.2, 0.25) is 0 Å². The summed E-state index contributed by atoms with van der Waals surface area (Å²) in [6, 6.07) is 0. The molecule has 0 bridgehead atoms. The summed E-state index contributed by atoms with van der Waals surface area (Å²) >= 11 is 0. The molecule has 0 radical (unpaired) electrons. The summed E-state index contributed by atoms with van der Waals surface area (Å²) in [6.45, 7) is 4.37. The van der Waals surface area contributed by atoms with E-state index in [2.05, 4.69) is 13.8 Å². The molecular formula is C21H43KO4S. The maximum Gasteiger partial charge on any atom is 1.00 e. The van der Waals surface area contributed by atoms with Gasteiger partial charge in [-0.2, -0.15) is 0 Å². The van der Waals surface area contributed by atoms with Crippen LogP contribution in [0, 0.1) is 0 Å². The summed E-state index contributed by atoms with van der Waals surface area (Å²) in [5.74, 6) is 0. The van der Waals surface area contributed by atoms with Gasteiger partial charge in [-0.3, -0.25) is 0 Å². The molecule has 0 aromatic carbocycles. The predicted octanol–water partition coefficient (Wildman–Crippen LogP) is 2.94. The predicted molar refractivity (Wildman–Crippen MR) is 109 cm³/mol. The standard InChI is InChI=1S/C21H44O4S.K/c1-3-5-7-9-10-11-12-14-16-18-21(26(23,24)25)19-20(22)17-15-13-8-6-4-2;/h20-22H,3-19H2,1-2H3,(H,23,24,25);/q;+1/p-1. The summed E-state index contributed by atoms with van der Waals surface area (Å²) in [4.78, 5) is 0. The van der Waals surface area contributed by atoms with Crippen LogP contribution in [-0.2, 0) is 10.1 Å². The van der Waals surface area contributed by atoms with Gasteiger partial charge in [0, 0.05) is 0 Å². The van der Waals surface area contributed by atoms with E-state index in [9.17, 15) is 18.1 Å². The average Bonchev–Trinajstić information content (AvgIpc) is 2.58. The van der Waals surface area contributed by atoms with Crippen LogP contribution in [-0.4, -0.2) is 29.4 Å². The molecule has 0 saturated heterocycles. The number of aliphatic hydroxyl groups excluding tert-OH is 1. The fraction of sp³-hybridized carbons (Fsp3) is 1.00. The maximum atomic E-state index is 11.5. The second kappa shape index (κ2) is 20.8. The van der Waals surface area contributed by atoms with Gasteiger partial charge in [-0.25, -0.2) is 8.42 Å². The second-order valence-corrected chi connectivity index (χ2v) is 9.48. The zero-order valence-electron chi connectivity index (χ0n) is 18.3. The average molecular weight is 431 g/mol. The van der Waals surface area contributed by atoms with E-state index >= 15 is 0 Å². The minimum Gasteiger partial charge on any atom is -0.748 e. The zero-order valence-corrected chi connectivity index (χ0v) is 22.2. The fourth-order valence-corrected chi connectivity index (χ4v) is 4.38. The zero-order chi connectivity index (χ0) is 19.7. The molecule has 6 heteroatoms. The first-order valence-electron chi connectivity index (χ1n) is 11.0. The molecule has 2 atom stereocenters. The number of hydrogen-bond acceptors (Lipinski definition) is 4. The smallest absolute Gasteiger partial charge is 0.748 e. The van der Waals surface area contributed by atoms with Crippen LogP contribution in [0.15, 0.2) is 0 Å². The molecule has 0 heterocycles. The molecule has 0 aliphatic rings. The number of aliphatic hydroxyl groups is 1. The first-order valence-corrected chi connectivity index (χ1v) is 12.5. The van der Waals surface area contributed by atoms with E-state index in [0.717, 1.165) is 38.5 Å². The first kappa shape index (κ1) is 30.7. The summed E-state index contributed by atoms with van der Waals surface area (Å²) < 4.78 is 34.4. The number of hydrogen-bond donors (Lipinski definition) is 1. The van der Waals surface area contributed by atoms with E-state index < -0.39 is 21.5 Å². The molecule has 27 heavy (non-hydrogen) atoms. The van der Waals surface area contributed by atoms with Crippen LogP contribution < -0.4 is 51.4 Å². The van der Waals surface area contributed by atoms with Crippen molar-refractivity contribution in [2.75, 3.05) is 0 Å². The molecule has 4 nitrogen and oxygen atoms in total. The molecule has 0 aromatic rings. The third-order valence-corrected chi connectivity index (χ3v) is 6.46. The van der Waals surface area contributed by atoms with Crippen molar-refractivity contribution in [1.82, 2.24) is 0 Å². The summed E-state index contributed by atoms with van der Waals surface area (Å²) in [7, 11) is -4.32. The van der Waals surface area contributed by atoms with E-state index in [-0.39, 0.29) is 57.8 Å². The molecule has 0 amide bonds. The molecule has 0 aromatic heterocycles. The molecule has 0 rings (SSSR count). The molecule has 0 saturated carbocycles. The van der Waals surface area contributed by atoms with E-state index in [4.69, 9.17) is 0 Å². The Kier molecular flexibility index (Phi) is 23.6. The van der Waals surface area contributed by atoms with Gasteiger partial charge >= 0.3 is 51.4 Å². The quantitative estimate of drug-likeness (QED) is 0.194. The van der Waals surface area contributed by atoms with Crippen molar-refractivity contribution in [2.24, 2.45) is 0 Å². The van der Waals surface area contributed by atoms with E-state index in [1.807, 2.05) is 0 Å². The van der Waals surface area contributed by atoms with Crippen LogP contribution in [0.25, 0.3) is 0 Å². The van der Waals surface area contributed by atoms with Crippen molar-refractivity contribution < 1.29 is 69.5 Å². The van der Waals surface area contributed by atoms with Crippen LogP contribution >= 0.6 is 0 Å². The van der Waals surface area contributed by atoms with Crippen molar-refractivity contribution in [3.8, 4) is 0 Å². The fourth-order valence-electron chi connectivity index (χ4n) is 3.47. The Bertz CT molecular complexity index is 401. The molecule has 0 spiro atoms. The minimum absolute atomic E-state index is 0. The Morgan fingerprint density at radius 2 is 1.07 bits per heavy atom. The first-order chi connectivity index (χ1) is 12.4. The topological polar surface area (TPSA) is 77.4 Å². The second-order valence-electron chi connectivity index (χ2n) is 7.82. The van der Waals surface area contributed by atoms with Crippen LogP contribution in [0.4, 0.5) is 0 Å². The van der Waals surface area contributed by atoms with Crippen molar-refractivity contribution in [3.05, 3.63) is 0 Å². The Labute approximate surface area is 211 Å². The molecular weight excluding hydrogens is 387 g/mol. The maximum absolute atomic E-state index is 11.5. The SMILES string of the molecule is CCCCCCCCCCCC(CC(O)CCCCCCC)S(=O)(=O)[O-].[K+]. The molecule has 0 aliphatic heterocycles. The third-order valence-electron chi connectivity index (χ3n) is 5.21. The van der Waals surface area contributed by atoms with Crippen LogP contribution in [0.5, 0.6) is 0 Å². The summed E-state index contributed by atoms with van der Waals surface area (Å²) in [6.07, 6.45) is 16.4. The van der Waals surface area contributed by atoms with E-state index in [0.29, 0.717) is 12.8 Å². The van der Waals surface area contributed by atoms with Crippen molar-refractivity contribution in [1.29, 1.82) is 0 Å². The van der Waals surface area contributed by atoms with Gasteiger partial charge in [-0.05, 0) is 19.3 Å². The summed E-state index contributed by atoms with van der Waals surface area (Å²) in [5.41, 5.74) is 0. The van der Waals surface area contributed by atoms with Gasteiger partial charge in [0.05, 0.1) is 21.5 Å². The van der Waals surface area contributed by atoms with Crippen molar-refractivity contribution in [2.45, 2.75) is 134 Å². The molecule has 2 unspecified atom stereocenters. The van der Waals surface area contributed by atoms with Gasteiger partial charge < -0.3 is 9.66 Å². The normalized spacial score (nSPS) is 13.9. The molecule has 158 valence electrons. The molecule has 1 N–H and O–H groups in total. The monoisotopic (exact) mass is 430 g/mol. The van der Waals surface area contributed by atoms with Crippen molar-refractivity contribution >= 4 is 10.1 Å². The third kappa shape index (κ3) is 20.6. The van der Waals surface area contributed by atoms with Crippen LogP contribution in [0.2, 0.25) is 0 Å². The van der Waals surface area contributed by atoms with Crippen LogP contribution in [0.3, 0.4) is 0 Å². The summed E-state index contributed by atoms with van der Waals surface area (Å²) in [5, 5.41) is 9.16. The van der Waals surface area contributed by atoms with Gasteiger partial charge in [-0.1, -0.05) is 104 Å². The van der Waals surface area contributed by atoms with Crippen molar-refractivity contribution in [3.63, 3.8) is 0 Å². The number of unbranched alkanes of at least 4 members (excludes halogenated alkanes) is 12. The Morgan fingerprint density at radius 1 is 0.704 bits per heavy atom. The Morgan fingerprint density at radius 3 is 1.48 bits per heavy atom. The largest absolute Gasteiger partial charge is 1.00 e. The van der Waals surface area contributed by atoms with Gasteiger partial charge in [0.15, 0.2) is 0 Å². The van der Waals surface area contributed by atoms with Gasteiger partial charge in [0.25, 0.3) is 0 Å². The van der Waals surface area contributed by atoms with Gasteiger partial charge in [0.1, 0.15) is 0 Å². The Hall–Kier alpha value is 1.51. The minimum atomic E-state index is -4.32. The van der Waals surface area contributed by atoms with Crippen LogP contribution in [0.1, 0.15) is 123 Å². The molecule has 0 aliphatic carbocycles. The Balaban J connectivity index is 0. The van der Waals surface area contributed by atoms with Gasteiger partial charge in [-0.15, -0.1) is 0 Å².